The monoisotopic (exact) mass is 255 g/mol. The Morgan fingerprint density at radius 1 is 1.41 bits per heavy atom. The fourth-order valence-corrected chi connectivity index (χ4v) is 2.50. The van der Waals surface area contributed by atoms with Gasteiger partial charge in [0.25, 0.3) is 5.91 Å². The molecule has 2 nitrogen and oxygen atoms in total. The van der Waals surface area contributed by atoms with Gasteiger partial charge in [-0.15, -0.1) is 0 Å². The first-order valence-electron chi connectivity index (χ1n) is 5.61. The number of halogens is 1. The van der Waals surface area contributed by atoms with E-state index >= 15 is 0 Å². The Bertz CT molecular complexity index is 366. The van der Waals surface area contributed by atoms with Gasteiger partial charge in [-0.2, -0.15) is 11.8 Å². The molecule has 0 saturated heterocycles. The molecule has 1 aromatic carbocycles. The minimum atomic E-state index is -0.319. The van der Waals surface area contributed by atoms with Gasteiger partial charge in [0, 0.05) is 24.4 Å². The molecule has 0 aliphatic heterocycles. The average Bonchev–Trinajstić information content (AvgIpc) is 2.35. The smallest absolute Gasteiger partial charge is 0.253 e. The third-order valence-corrected chi connectivity index (χ3v) is 3.51. The standard InChI is InChI=1S/C13H18FNOS/c1-4-12(9-17-3)15(2)13(16)10-5-7-11(14)8-6-10/h5-8,12H,4,9H2,1-3H3. The van der Waals surface area contributed by atoms with Gasteiger partial charge in [0.15, 0.2) is 0 Å². The number of thioether (sulfide) groups is 1. The van der Waals surface area contributed by atoms with Crippen LogP contribution in [0.1, 0.15) is 23.7 Å². The van der Waals surface area contributed by atoms with Crippen molar-refractivity contribution in [2.24, 2.45) is 0 Å². The maximum absolute atomic E-state index is 12.8. The molecule has 1 aromatic rings. The second kappa shape index (κ2) is 6.64. The number of carbonyl (C=O) groups is 1. The second-order valence-electron chi connectivity index (χ2n) is 3.94. The first-order valence-corrected chi connectivity index (χ1v) is 7.01. The summed E-state index contributed by atoms with van der Waals surface area (Å²) in [5.41, 5.74) is 0.536. The van der Waals surface area contributed by atoms with E-state index in [2.05, 4.69) is 6.92 Å². The van der Waals surface area contributed by atoms with Crippen molar-refractivity contribution < 1.29 is 9.18 Å². The molecular formula is C13H18FNOS. The van der Waals surface area contributed by atoms with Gasteiger partial charge >= 0.3 is 0 Å². The number of benzene rings is 1. The van der Waals surface area contributed by atoms with Crippen molar-refractivity contribution in [3.05, 3.63) is 35.6 Å². The molecule has 17 heavy (non-hydrogen) atoms. The van der Waals surface area contributed by atoms with Gasteiger partial charge in [-0.1, -0.05) is 6.92 Å². The van der Waals surface area contributed by atoms with Crippen LogP contribution < -0.4 is 0 Å². The number of hydrogen-bond acceptors (Lipinski definition) is 2. The van der Waals surface area contributed by atoms with E-state index in [9.17, 15) is 9.18 Å². The summed E-state index contributed by atoms with van der Waals surface area (Å²) in [6.45, 7) is 2.06. The van der Waals surface area contributed by atoms with E-state index < -0.39 is 0 Å². The average molecular weight is 255 g/mol. The molecule has 0 fully saturated rings. The van der Waals surface area contributed by atoms with E-state index in [0.29, 0.717) is 5.56 Å². The molecule has 0 aromatic heterocycles. The Morgan fingerprint density at radius 3 is 2.47 bits per heavy atom. The van der Waals surface area contributed by atoms with Crippen molar-refractivity contribution in [2.45, 2.75) is 19.4 Å². The summed E-state index contributed by atoms with van der Waals surface area (Å²) in [6, 6.07) is 5.91. The van der Waals surface area contributed by atoms with Crippen LogP contribution in [0.15, 0.2) is 24.3 Å². The van der Waals surface area contributed by atoms with Gasteiger partial charge in [0.05, 0.1) is 0 Å². The van der Waals surface area contributed by atoms with E-state index in [1.165, 1.54) is 24.3 Å². The zero-order chi connectivity index (χ0) is 12.8. The molecule has 0 aliphatic rings. The van der Waals surface area contributed by atoms with Crippen LogP contribution in [-0.4, -0.2) is 35.9 Å². The predicted molar refractivity (Wildman–Crippen MR) is 71.0 cm³/mol. The molecule has 4 heteroatoms. The maximum Gasteiger partial charge on any atom is 0.253 e. The molecule has 1 amide bonds. The first-order chi connectivity index (χ1) is 8.10. The molecular weight excluding hydrogens is 237 g/mol. The molecule has 0 radical (unpaired) electrons. The summed E-state index contributed by atoms with van der Waals surface area (Å²) >= 11 is 1.72. The molecule has 0 aliphatic carbocycles. The highest BCUT2D eigenvalue weighted by Crippen LogP contribution is 2.13. The summed E-state index contributed by atoms with van der Waals surface area (Å²) in [5.74, 6) is 0.547. The summed E-state index contributed by atoms with van der Waals surface area (Å²) in [5, 5.41) is 0. The number of amides is 1. The van der Waals surface area contributed by atoms with Crippen LogP contribution in [0.4, 0.5) is 4.39 Å². The molecule has 0 bridgehead atoms. The van der Waals surface area contributed by atoms with E-state index in [1.807, 2.05) is 6.26 Å². The summed E-state index contributed by atoms with van der Waals surface area (Å²) in [6.07, 6.45) is 2.95. The fourth-order valence-electron chi connectivity index (χ4n) is 1.66. The van der Waals surface area contributed by atoms with Gasteiger partial charge in [0.1, 0.15) is 5.82 Å². The van der Waals surface area contributed by atoms with Crippen LogP contribution in [0.2, 0.25) is 0 Å². The van der Waals surface area contributed by atoms with Gasteiger partial charge in [-0.05, 0) is 36.9 Å². The van der Waals surface area contributed by atoms with E-state index in [4.69, 9.17) is 0 Å². The van der Waals surface area contributed by atoms with Crippen LogP contribution >= 0.6 is 11.8 Å². The highest BCUT2D eigenvalue weighted by atomic mass is 32.2. The third kappa shape index (κ3) is 3.73. The Morgan fingerprint density at radius 2 is 2.00 bits per heavy atom. The fraction of sp³-hybridized carbons (Fsp3) is 0.462. The largest absolute Gasteiger partial charge is 0.338 e. The second-order valence-corrected chi connectivity index (χ2v) is 4.85. The molecule has 0 spiro atoms. The highest BCUT2D eigenvalue weighted by molar-refractivity contribution is 7.98. The number of hydrogen-bond donors (Lipinski definition) is 0. The molecule has 1 unspecified atom stereocenters. The first kappa shape index (κ1) is 14.0. The third-order valence-electron chi connectivity index (χ3n) is 2.79. The van der Waals surface area contributed by atoms with Gasteiger partial charge < -0.3 is 4.90 Å². The Labute approximate surface area is 106 Å². The van der Waals surface area contributed by atoms with Gasteiger partial charge in [0.2, 0.25) is 0 Å². The van der Waals surface area contributed by atoms with E-state index in [-0.39, 0.29) is 17.8 Å². The normalized spacial score (nSPS) is 12.2. The van der Waals surface area contributed by atoms with Crippen LogP contribution in [0.3, 0.4) is 0 Å². The zero-order valence-electron chi connectivity index (χ0n) is 10.4. The van der Waals surface area contributed by atoms with Crippen LogP contribution in [0, 0.1) is 5.82 Å². The summed E-state index contributed by atoms with van der Waals surface area (Å²) in [7, 11) is 1.80. The lowest BCUT2D eigenvalue weighted by Crippen LogP contribution is -2.38. The van der Waals surface area contributed by atoms with Gasteiger partial charge in [-0.25, -0.2) is 4.39 Å². The maximum atomic E-state index is 12.8. The molecule has 1 atom stereocenters. The van der Waals surface area contributed by atoms with Crippen molar-refractivity contribution in [1.82, 2.24) is 4.90 Å². The minimum Gasteiger partial charge on any atom is -0.338 e. The van der Waals surface area contributed by atoms with E-state index in [1.54, 1.807) is 23.7 Å². The number of carbonyl (C=O) groups excluding carboxylic acids is 1. The predicted octanol–water partition coefficient (Wildman–Crippen LogP) is 3.04. The molecule has 0 heterocycles. The lowest BCUT2D eigenvalue weighted by Gasteiger charge is -2.26. The van der Waals surface area contributed by atoms with E-state index in [0.717, 1.165) is 12.2 Å². The van der Waals surface area contributed by atoms with Crippen LogP contribution in [-0.2, 0) is 0 Å². The summed E-state index contributed by atoms with van der Waals surface area (Å²) in [4.78, 5) is 13.9. The van der Waals surface area contributed by atoms with Crippen molar-refractivity contribution in [3.63, 3.8) is 0 Å². The van der Waals surface area contributed by atoms with Crippen molar-refractivity contribution >= 4 is 17.7 Å². The zero-order valence-corrected chi connectivity index (χ0v) is 11.3. The Hall–Kier alpha value is -1.03. The van der Waals surface area contributed by atoms with Crippen molar-refractivity contribution in [3.8, 4) is 0 Å². The molecule has 0 saturated carbocycles. The Balaban J connectivity index is 2.77. The molecule has 1 rings (SSSR count). The Kier molecular flexibility index (Phi) is 5.48. The number of nitrogens with zero attached hydrogens (tertiary/aromatic N) is 1. The van der Waals surface area contributed by atoms with Gasteiger partial charge in [-0.3, -0.25) is 4.79 Å². The highest BCUT2D eigenvalue weighted by Gasteiger charge is 2.19. The SMILES string of the molecule is CCC(CSC)N(C)C(=O)c1ccc(F)cc1. The van der Waals surface area contributed by atoms with Crippen LogP contribution in [0.5, 0.6) is 0 Å². The molecule has 0 N–H and O–H groups in total. The quantitative estimate of drug-likeness (QED) is 0.806. The summed E-state index contributed by atoms with van der Waals surface area (Å²) < 4.78 is 12.8. The number of rotatable bonds is 5. The lowest BCUT2D eigenvalue weighted by atomic mass is 10.1. The van der Waals surface area contributed by atoms with Crippen LogP contribution in [0.25, 0.3) is 0 Å². The lowest BCUT2D eigenvalue weighted by molar-refractivity contribution is 0.0743. The van der Waals surface area contributed by atoms with Crippen molar-refractivity contribution in [1.29, 1.82) is 0 Å². The van der Waals surface area contributed by atoms with Crippen molar-refractivity contribution in [2.75, 3.05) is 19.1 Å². The molecule has 94 valence electrons. The topological polar surface area (TPSA) is 20.3 Å². The minimum absolute atomic E-state index is 0.0501.